The molecule has 6 heteroatoms. The van der Waals surface area contributed by atoms with Gasteiger partial charge < -0.3 is 14.8 Å². The van der Waals surface area contributed by atoms with Crippen molar-refractivity contribution in [2.75, 3.05) is 0 Å². The molecule has 0 amide bonds. The molecular weight excluding hydrogens is 248 g/mol. The van der Waals surface area contributed by atoms with E-state index in [0.717, 1.165) is 11.8 Å². The zero-order valence-electron chi connectivity index (χ0n) is 10.4. The van der Waals surface area contributed by atoms with Crippen LogP contribution in [0, 0.1) is 12.7 Å². The van der Waals surface area contributed by atoms with Crippen LogP contribution in [0.25, 0.3) is 0 Å². The summed E-state index contributed by atoms with van der Waals surface area (Å²) >= 11 is 0. The molecule has 0 saturated carbocycles. The predicted molar refractivity (Wildman–Crippen MR) is 69.5 cm³/mol. The Labute approximate surface area is 110 Å². The first-order valence-electron chi connectivity index (χ1n) is 5.75. The highest BCUT2D eigenvalue weighted by molar-refractivity contribution is 6.58. The average Bonchev–Trinajstić information content (AvgIpc) is 2.37. The van der Waals surface area contributed by atoms with E-state index >= 15 is 0 Å². The molecular formula is C13H13BFNO3. The predicted octanol–water partition coefficient (Wildman–Crippen LogP) is 0.788. The number of rotatable bonds is 4. The first-order valence-corrected chi connectivity index (χ1v) is 5.75. The van der Waals surface area contributed by atoms with Crippen molar-refractivity contribution in [3.05, 3.63) is 53.6 Å². The third kappa shape index (κ3) is 3.53. The second-order valence-electron chi connectivity index (χ2n) is 4.20. The van der Waals surface area contributed by atoms with Crippen LogP contribution in [0.5, 0.6) is 5.75 Å². The normalized spacial score (nSPS) is 10.3. The highest BCUT2D eigenvalue weighted by Gasteiger charge is 2.12. The summed E-state index contributed by atoms with van der Waals surface area (Å²) in [5.41, 5.74) is 1.80. The van der Waals surface area contributed by atoms with E-state index in [4.69, 9.17) is 14.8 Å². The molecule has 0 radical (unpaired) electrons. The van der Waals surface area contributed by atoms with Crippen LogP contribution in [0.1, 0.15) is 11.1 Å². The van der Waals surface area contributed by atoms with Crippen molar-refractivity contribution in [1.82, 2.24) is 4.98 Å². The fourth-order valence-electron chi connectivity index (χ4n) is 1.69. The van der Waals surface area contributed by atoms with E-state index in [2.05, 4.69) is 4.98 Å². The van der Waals surface area contributed by atoms with Crippen molar-refractivity contribution in [2.24, 2.45) is 0 Å². The van der Waals surface area contributed by atoms with Crippen LogP contribution in [0.3, 0.4) is 0 Å². The van der Waals surface area contributed by atoms with E-state index in [-0.39, 0.29) is 6.61 Å². The number of aromatic nitrogens is 1. The van der Waals surface area contributed by atoms with Crippen LogP contribution < -0.4 is 10.2 Å². The molecule has 0 aliphatic carbocycles. The number of pyridine rings is 1. The molecule has 0 bridgehead atoms. The van der Waals surface area contributed by atoms with Crippen molar-refractivity contribution in [2.45, 2.75) is 13.5 Å². The van der Waals surface area contributed by atoms with Crippen LogP contribution in [0.2, 0.25) is 0 Å². The van der Waals surface area contributed by atoms with Gasteiger partial charge in [-0.3, -0.25) is 4.98 Å². The number of benzene rings is 1. The van der Waals surface area contributed by atoms with Gasteiger partial charge in [0.2, 0.25) is 0 Å². The molecule has 0 atom stereocenters. The molecule has 2 aromatic rings. The van der Waals surface area contributed by atoms with Gasteiger partial charge in [-0.1, -0.05) is 12.1 Å². The molecule has 0 spiro atoms. The minimum absolute atomic E-state index is 0.201. The van der Waals surface area contributed by atoms with Crippen molar-refractivity contribution in [3.63, 3.8) is 0 Å². The fraction of sp³-hybridized carbons (Fsp3) is 0.154. The van der Waals surface area contributed by atoms with Gasteiger partial charge in [-0.15, -0.1) is 0 Å². The second-order valence-corrected chi connectivity index (χ2v) is 4.20. The molecule has 1 heterocycles. The Kier molecular flexibility index (Phi) is 4.14. The lowest BCUT2D eigenvalue weighted by atomic mass is 9.79. The van der Waals surface area contributed by atoms with Crippen LogP contribution in [-0.4, -0.2) is 22.2 Å². The van der Waals surface area contributed by atoms with E-state index in [1.807, 2.05) is 0 Å². The molecule has 4 nitrogen and oxygen atoms in total. The third-order valence-electron chi connectivity index (χ3n) is 2.65. The van der Waals surface area contributed by atoms with Gasteiger partial charge in [0.05, 0.1) is 6.20 Å². The quantitative estimate of drug-likeness (QED) is 0.798. The summed E-state index contributed by atoms with van der Waals surface area (Å²) in [7, 11) is -1.50. The third-order valence-corrected chi connectivity index (χ3v) is 2.65. The first kappa shape index (κ1) is 13.5. The molecule has 1 aromatic carbocycles. The van der Waals surface area contributed by atoms with Crippen LogP contribution in [0.4, 0.5) is 4.39 Å². The van der Waals surface area contributed by atoms with Gasteiger partial charge in [0.1, 0.15) is 18.2 Å². The van der Waals surface area contributed by atoms with Gasteiger partial charge >= 0.3 is 7.12 Å². The maximum absolute atomic E-state index is 12.9. The van der Waals surface area contributed by atoms with E-state index in [0.29, 0.717) is 16.8 Å². The van der Waals surface area contributed by atoms with Crippen molar-refractivity contribution in [1.29, 1.82) is 0 Å². The van der Waals surface area contributed by atoms with Crippen molar-refractivity contribution < 1.29 is 19.2 Å². The Hall–Kier alpha value is -1.92. The zero-order valence-corrected chi connectivity index (χ0v) is 10.4. The van der Waals surface area contributed by atoms with Gasteiger partial charge in [0, 0.05) is 11.8 Å². The van der Waals surface area contributed by atoms with E-state index in [1.54, 1.807) is 25.1 Å². The van der Waals surface area contributed by atoms with Gasteiger partial charge in [-0.05, 0) is 30.1 Å². The highest BCUT2D eigenvalue weighted by Crippen LogP contribution is 2.17. The molecule has 19 heavy (non-hydrogen) atoms. The van der Waals surface area contributed by atoms with Gasteiger partial charge in [0.15, 0.2) is 0 Å². The number of hydrogen-bond acceptors (Lipinski definition) is 4. The van der Waals surface area contributed by atoms with Crippen LogP contribution in [0.15, 0.2) is 36.7 Å². The Morgan fingerprint density at radius 1 is 1.26 bits per heavy atom. The maximum Gasteiger partial charge on any atom is 0.488 e. The minimum Gasteiger partial charge on any atom is -0.489 e. The molecule has 0 aliphatic heterocycles. The Balaban J connectivity index is 2.07. The lowest BCUT2D eigenvalue weighted by molar-refractivity contribution is 0.303. The molecule has 0 aliphatic rings. The number of hydrogen-bond donors (Lipinski definition) is 2. The number of aryl methyl sites for hydroxylation is 1. The zero-order chi connectivity index (χ0) is 13.8. The average molecular weight is 261 g/mol. The summed E-state index contributed by atoms with van der Waals surface area (Å²) in [5.74, 6) is 0.199. The first-order chi connectivity index (χ1) is 9.06. The van der Waals surface area contributed by atoms with E-state index in [1.165, 1.54) is 12.3 Å². The highest BCUT2D eigenvalue weighted by atomic mass is 19.1. The minimum atomic E-state index is -1.50. The lowest BCUT2D eigenvalue weighted by Crippen LogP contribution is -2.29. The monoisotopic (exact) mass is 261 g/mol. The largest absolute Gasteiger partial charge is 0.489 e. The standard InChI is InChI=1S/C13H13BFNO3/c1-9-4-11(14(17)18)2-3-13(9)19-8-10-5-12(15)7-16-6-10/h2-7,17-18H,8H2,1H3. The molecule has 98 valence electrons. The van der Waals surface area contributed by atoms with Gasteiger partial charge in [-0.25, -0.2) is 4.39 Å². The second kappa shape index (κ2) is 5.82. The molecule has 2 rings (SSSR count). The lowest BCUT2D eigenvalue weighted by Gasteiger charge is -2.10. The Bertz CT molecular complexity index is 578. The maximum atomic E-state index is 12.9. The van der Waals surface area contributed by atoms with E-state index < -0.39 is 12.9 Å². The fourth-order valence-corrected chi connectivity index (χ4v) is 1.69. The summed E-state index contributed by atoms with van der Waals surface area (Å²) < 4.78 is 18.5. The van der Waals surface area contributed by atoms with Crippen LogP contribution >= 0.6 is 0 Å². The van der Waals surface area contributed by atoms with Crippen LogP contribution in [-0.2, 0) is 6.61 Å². The van der Waals surface area contributed by atoms with Crippen molar-refractivity contribution >= 4 is 12.6 Å². The van der Waals surface area contributed by atoms with Gasteiger partial charge in [0.25, 0.3) is 0 Å². The molecule has 0 saturated heterocycles. The summed E-state index contributed by atoms with van der Waals surface area (Å²) in [6, 6.07) is 6.20. The molecule has 0 unspecified atom stereocenters. The molecule has 0 fully saturated rings. The summed E-state index contributed by atoms with van der Waals surface area (Å²) in [4.78, 5) is 3.74. The van der Waals surface area contributed by atoms with Crippen molar-refractivity contribution in [3.8, 4) is 5.75 Å². The Morgan fingerprint density at radius 2 is 2.05 bits per heavy atom. The SMILES string of the molecule is Cc1cc(B(O)O)ccc1OCc1cncc(F)c1. The Morgan fingerprint density at radius 3 is 2.68 bits per heavy atom. The summed E-state index contributed by atoms with van der Waals surface area (Å²) in [6.07, 6.45) is 2.66. The summed E-state index contributed by atoms with van der Waals surface area (Å²) in [6.45, 7) is 2.00. The van der Waals surface area contributed by atoms with E-state index in [9.17, 15) is 4.39 Å². The topological polar surface area (TPSA) is 62.6 Å². The summed E-state index contributed by atoms with van der Waals surface area (Å²) in [5, 5.41) is 18.1. The number of halogens is 1. The smallest absolute Gasteiger partial charge is 0.488 e. The number of ether oxygens (including phenoxy) is 1. The molecule has 2 N–H and O–H groups in total. The molecule has 1 aromatic heterocycles. The number of nitrogens with zero attached hydrogens (tertiary/aromatic N) is 1. The van der Waals surface area contributed by atoms with Gasteiger partial charge in [-0.2, -0.15) is 0 Å².